The van der Waals surface area contributed by atoms with Crippen LogP contribution in [0.15, 0.2) is 53.9 Å². The molecule has 2 aromatic carbocycles. The highest BCUT2D eigenvalue weighted by Crippen LogP contribution is 2.36. The molecule has 2 heterocycles. The summed E-state index contributed by atoms with van der Waals surface area (Å²) in [5.74, 6) is -1.12. The van der Waals surface area contributed by atoms with Crippen LogP contribution in [0.1, 0.15) is 10.4 Å². The molecule has 33 heavy (non-hydrogen) atoms. The number of thiophene rings is 1. The molecule has 1 aromatic heterocycles. The van der Waals surface area contributed by atoms with Gasteiger partial charge in [-0.2, -0.15) is 0 Å². The Morgan fingerprint density at radius 1 is 1.12 bits per heavy atom. The van der Waals surface area contributed by atoms with Gasteiger partial charge in [-0.3, -0.25) is 9.69 Å². The third-order valence-electron chi connectivity index (χ3n) is 5.50. The molecule has 1 amide bonds. The first kappa shape index (κ1) is 23.2. The van der Waals surface area contributed by atoms with E-state index in [-0.39, 0.29) is 23.8 Å². The third-order valence-corrected chi connectivity index (χ3v) is 6.63. The van der Waals surface area contributed by atoms with Crippen molar-refractivity contribution in [1.29, 1.82) is 0 Å². The molecule has 1 N–H and O–H groups in total. The van der Waals surface area contributed by atoms with Crippen molar-refractivity contribution in [3.8, 4) is 11.1 Å². The summed E-state index contributed by atoms with van der Waals surface area (Å²) in [6.45, 7) is 3.25. The van der Waals surface area contributed by atoms with Gasteiger partial charge < -0.3 is 15.0 Å². The second-order valence-electron chi connectivity index (χ2n) is 7.64. The Hall–Kier alpha value is -2.94. The molecule has 172 valence electrons. The summed E-state index contributed by atoms with van der Waals surface area (Å²) in [5.41, 5.74) is 2.61. The minimum Gasteiger partial charge on any atom is -0.465 e. The molecule has 3 aromatic rings. The van der Waals surface area contributed by atoms with Crippen LogP contribution in [0.4, 0.5) is 15.1 Å². The molecule has 0 unspecified atom stereocenters. The van der Waals surface area contributed by atoms with Crippen molar-refractivity contribution >= 4 is 45.5 Å². The van der Waals surface area contributed by atoms with E-state index >= 15 is 0 Å². The van der Waals surface area contributed by atoms with E-state index in [1.54, 1.807) is 17.5 Å². The first-order chi connectivity index (χ1) is 15.9. The van der Waals surface area contributed by atoms with Gasteiger partial charge in [0.05, 0.1) is 13.7 Å². The fourth-order valence-corrected chi connectivity index (χ4v) is 4.96. The van der Waals surface area contributed by atoms with E-state index in [0.29, 0.717) is 21.2 Å². The van der Waals surface area contributed by atoms with Crippen molar-refractivity contribution < 1.29 is 18.7 Å². The quantitative estimate of drug-likeness (QED) is 0.508. The number of ether oxygens (including phenoxy) is 1. The zero-order chi connectivity index (χ0) is 23.4. The number of methoxy groups -OCH3 is 1. The lowest BCUT2D eigenvalue weighted by Gasteiger charge is -2.35. The monoisotopic (exact) mass is 487 g/mol. The predicted octanol–water partition coefficient (Wildman–Crippen LogP) is 4.75. The fraction of sp³-hybridized carbons (Fsp3) is 0.250. The summed E-state index contributed by atoms with van der Waals surface area (Å²) in [7, 11) is 1.29. The normalized spacial score (nSPS) is 14.2. The van der Waals surface area contributed by atoms with Crippen molar-refractivity contribution in [2.24, 2.45) is 0 Å². The minimum absolute atomic E-state index is 0.205. The maximum Gasteiger partial charge on any atom is 0.341 e. The van der Waals surface area contributed by atoms with E-state index in [1.807, 2.05) is 24.3 Å². The lowest BCUT2D eigenvalue weighted by Crippen LogP contribution is -2.48. The van der Waals surface area contributed by atoms with Crippen LogP contribution in [-0.4, -0.2) is 56.6 Å². The number of carbonyl (C=O) groups excluding carboxylic acids is 2. The molecular formula is C24H23ClFN3O3S. The molecule has 9 heteroatoms. The van der Waals surface area contributed by atoms with Gasteiger partial charge in [-0.1, -0.05) is 29.8 Å². The number of hydrogen-bond donors (Lipinski definition) is 1. The highest BCUT2D eigenvalue weighted by Gasteiger charge is 2.24. The smallest absolute Gasteiger partial charge is 0.341 e. The molecule has 0 saturated carbocycles. The summed E-state index contributed by atoms with van der Waals surface area (Å²) in [5, 5.41) is 5.74. The molecule has 0 aliphatic carbocycles. The summed E-state index contributed by atoms with van der Waals surface area (Å²) < 4.78 is 18.2. The van der Waals surface area contributed by atoms with Gasteiger partial charge in [0, 0.05) is 47.8 Å². The highest BCUT2D eigenvalue weighted by atomic mass is 35.5. The third kappa shape index (κ3) is 5.52. The Balaban J connectivity index is 1.40. The molecule has 0 radical (unpaired) electrons. The summed E-state index contributed by atoms with van der Waals surface area (Å²) in [6, 6.07) is 13.6. The zero-order valence-electron chi connectivity index (χ0n) is 18.0. The molecule has 1 aliphatic rings. The van der Waals surface area contributed by atoms with Crippen molar-refractivity contribution in [3.05, 3.63) is 70.3 Å². The van der Waals surface area contributed by atoms with Crippen molar-refractivity contribution in [1.82, 2.24) is 4.90 Å². The molecule has 1 aliphatic heterocycles. The standard InChI is InChI=1S/C24H23ClFN3O3S/c1-32-24(31)22-20(16-5-7-18(26)8-6-16)15-33-23(22)27-21(30)14-28-9-11-29(12-10-28)19-4-2-3-17(25)13-19/h2-8,13,15H,9-12,14H2,1H3,(H,27,30). The van der Waals surface area contributed by atoms with Crippen molar-refractivity contribution in [3.63, 3.8) is 0 Å². The van der Waals surface area contributed by atoms with Crippen LogP contribution in [0, 0.1) is 5.82 Å². The molecule has 4 rings (SSSR count). The number of amides is 1. The molecule has 6 nitrogen and oxygen atoms in total. The first-order valence-corrected chi connectivity index (χ1v) is 11.7. The van der Waals surface area contributed by atoms with E-state index < -0.39 is 5.97 Å². The highest BCUT2D eigenvalue weighted by molar-refractivity contribution is 7.15. The Labute approximate surface area is 200 Å². The molecule has 0 atom stereocenters. The number of halogens is 2. The largest absolute Gasteiger partial charge is 0.465 e. The zero-order valence-corrected chi connectivity index (χ0v) is 19.6. The Kier molecular flexibility index (Phi) is 7.27. The maximum atomic E-state index is 13.3. The fourth-order valence-electron chi connectivity index (χ4n) is 3.80. The first-order valence-electron chi connectivity index (χ1n) is 10.4. The van der Waals surface area contributed by atoms with Crippen LogP contribution in [0.25, 0.3) is 11.1 Å². The van der Waals surface area contributed by atoms with Crippen LogP contribution >= 0.6 is 22.9 Å². The minimum atomic E-state index is -0.555. The van der Waals surface area contributed by atoms with Crippen LogP contribution < -0.4 is 10.2 Å². The number of anilines is 2. The lowest BCUT2D eigenvalue weighted by molar-refractivity contribution is -0.117. The van der Waals surface area contributed by atoms with Crippen LogP contribution in [0.3, 0.4) is 0 Å². The molecule has 1 fully saturated rings. The number of carbonyl (C=O) groups is 2. The van der Waals surface area contributed by atoms with Crippen molar-refractivity contribution in [2.45, 2.75) is 0 Å². The van der Waals surface area contributed by atoms with Gasteiger partial charge in [0.2, 0.25) is 5.91 Å². The van der Waals surface area contributed by atoms with Crippen LogP contribution in [0.2, 0.25) is 5.02 Å². The maximum absolute atomic E-state index is 13.3. The number of hydrogen-bond acceptors (Lipinski definition) is 6. The Bertz CT molecular complexity index is 1140. The van der Waals surface area contributed by atoms with E-state index in [2.05, 4.69) is 15.1 Å². The van der Waals surface area contributed by atoms with Gasteiger partial charge >= 0.3 is 5.97 Å². The van der Waals surface area contributed by atoms with E-state index in [4.69, 9.17) is 16.3 Å². The van der Waals surface area contributed by atoms with Gasteiger partial charge in [0.25, 0.3) is 0 Å². The van der Waals surface area contributed by atoms with E-state index in [1.165, 1.54) is 30.6 Å². The molecule has 0 bridgehead atoms. The number of nitrogens with zero attached hydrogens (tertiary/aromatic N) is 2. The van der Waals surface area contributed by atoms with E-state index in [9.17, 15) is 14.0 Å². The van der Waals surface area contributed by atoms with Gasteiger partial charge in [-0.05, 0) is 35.9 Å². The summed E-state index contributed by atoms with van der Waals surface area (Å²) in [4.78, 5) is 29.5. The lowest BCUT2D eigenvalue weighted by atomic mass is 10.0. The van der Waals surface area contributed by atoms with Crippen LogP contribution in [0.5, 0.6) is 0 Å². The molecule has 0 spiro atoms. The topological polar surface area (TPSA) is 61.9 Å². The SMILES string of the molecule is COC(=O)c1c(-c2ccc(F)cc2)csc1NC(=O)CN1CCN(c2cccc(Cl)c2)CC1. The summed E-state index contributed by atoms with van der Waals surface area (Å²) >= 11 is 7.34. The average molecular weight is 488 g/mol. The summed E-state index contributed by atoms with van der Waals surface area (Å²) in [6.07, 6.45) is 0. The number of esters is 1. The Morgan fingerprint density at radius 2 is 1.85 bits per heavy atom. The molecule has 1 saturated heterocycles. The predicted molar refractivity (Wildman–Crippen MR) is 130 cm³/mol. The number of rotatable bonds is 6. The number of piperazine rings is 1. The number of nitrogens with one attached hydrogen (secondary N) is 1. The van der Waals surface area contributed by atoms with Gasteiger partial charge in [-0.15, -0.1) is 11.3 Å². The van der Waals surface area contributed by atoms with Crippen molar-refractivity contribution in [2.75, 3.05) is 50.1 Å². The average Bonchev–Trinajstić information content (AvgIpc) is 3.22. The van der Waals surface area contributed by atoms with E-state index in [0.717, 1.165) is 31.9 Å². The van der Waals surface area contributed by atoms with Crippen LogP contribution in [-0.2, 0) is 9.53 Å². The second kappa shape index (κ2) is 10.3. The van der Waals surface area contributed by atoms with Gasteiger partial charge in [0.15, 0.2) is 0 Å². The van der Waals surface area contributed by atoms with Gasteiger partial charge in [-0.25, -0.2) is 9.18 Å². The van der Waals surface area contributed by atoms with Gasteiger partial charge in [0.1, 0.15) is 16.4 Å². The second-order valence-corrected chi connectivity index (χ2v) is 8.96. The molecular weight excluding hydrogens is 465 g/mol. The Morgan fingerprint density at radius 3 is 2.52 bits per heavy atom. The number of benzene rings is 2.